The molecule has 0 aromatic carbocycles. The van der Waals surface area contributed by atoms with E-state index in [1.165, 1.54) is 25.0 Å². The van der Waals surface area contributed by atoms with Crippen molar-refractivity contribution in [1.29, 1.82) is 0 Å². The van der Waals surface area contributed by atoms with Crippen LogP contribution in [-0.4, -0.2) is 25.5 Å². The fraction of sp³-hybridized carbons (Fsp3) is 0.462. The van der Waals surface area contributed by atoms with E-state index in [4.69, 9.17) is 0 Å². The van der Waals surface area contributed by atoms with Crippen molar-refractivity contribution in [2.75, 3.05) is 5.75 Å². The summed E-state index contributed by atoms with van der Waals surface area (Å²) in [6.45, 7) is 0. The molecule has 0 saturated carbocycles. The standard InChI is InChI=1S/C13H16N2OS/c16-11-4-5-13-14-10(8-15(13)9-11)7-12-3-1-2-6-17-12/h4-5,8-9,12,16H,1-3,6-7H2. The van der Waals surface area contributed by atoms with Crippen LogP contribution >= 0.6 is 11.8 Å². The van der Waals surface area contributed by atoms with Gasteiger partial charge < -0.3 is 9.51 Å². The lowest BCUT2D eigenvalue weighted by molar-refractivity contribution is 0.472. The molecule has 1 saturated heterocycles. The van der Waals surface area contributed by atoms with Crippen molar-refractivity contribution in [2.45, 2.75) is 30.9 Å². The fourth-order valence-electron chi connectivity index (χ4n) is 2.33. The van der Waals surface area contributed by atoms with Crippen molar-refractivity contribution in [3.8, 4) is 5.75 Å². The fourth-order valence-corrected chi connectivity index (χ4v) is 3.66. The van der Waals surface area contributed by atoms with Gasteiger partial charge in [-0.3, -0.25) is 0 Å². The number of thioether (sulfide) groups is 1. The number of aromatic nitrogens is 2. The summed E-state index contributed by atoms with van der Waals surface area (Å²) < 4.78 is 1.90. The molecule has 0 spiro atoms. The summed E-state index contributed by atoms with van der Waals surface area (Å²) in [5.74, 6) is 1.58. The molecule has 0 amide bonds. The van der Waals surface area contributed by atoms with Crippen molar-refractivity contribution in [3.05, 3.63) is 30.2 Å². The molecule has 3 nitrogen and oxygen atoms in total. The Bertz CT molecular complexity index is 517. The van der Waals surface area contributed by atoms with Gasteiger partial charge in [0.1, 0.15) is 11.4 Å². The first-order valence-electron chi connectivity index (χ1n) is 6.09. The average Bonchev–Trinajstić information content (AvgIpc) is 2.71. The van der Waals surface area contributed by atoms with Crippen LogP contribution < -0.4 is 0 Å². The van der Waals surface area contributed by atoms with Crippen LogP contribution in [0.2, 0.25) is 0 Å². The minimum absolute atomic E-state index is 0.286. The molecule has 1 fully saturated rings. The molecule has 17 heavy (non-hydrogen) atoms. The second kappa shape index (κ2) is 4.61. The van der Waals surface area contributed by atoms with Crippen molar-refractivity contribution < 1.29 is 5.11 Å². The van der Waals surface area contributed by atoms with Gasteiger partial charge in [0, 0.05) is 17.9 Å². The van der Waals surface area contributed by atoms with Gasteiger partial charge in [-0.25, -0.2) is 4.98 Å². The number of hydrogen-bond acceptors (Lipinski definition) is 3. The van der Waals surface area contributed by atoms with E-state index in [0.29, 0.717) is 0 Å². The molecule has 1 aliphatic heterocycles. The predicted molar refractivity (Wildman–Crippen MR) is 70.7 cm³/mol. The Morgan fingerprint density at radius 2 is 2.29 bits per heavy atom. The van der Waals surface area contributed by atoms with Crippen LogP contribution in [0, 0.1) is 0 Å². The van der Waals surface area contributed by atoms with Gasteiger partial charge >= 0.3 is 0 Å². The monoisotopic (exact) mass is 248 g/mol. The lowest BCUT2D eigenvalue weighted by Gasteiger charge is -2.19. The van der Waals surface area contributed by atoms with Crippen molar-refractivity contribution >= 4 is 17.4 Å². The van der Waals surface area contributed by atoms with Gasteiger partial charge in [0.25, 0.3) is 0 Å². The molecule has 0 radical (unpaired) electrons. The lowest BCUT2D eigenvalue weighted by atomic mass is 10.1. The van der Waals surface area contributed by atoms with Gasteiger partial charge in [-0.15, -0.1) is 0 Å². The minimum Gasteiger partial charge on any atom is -0.506 e. The minimum atomic E-state index is 0.286. The second-order valence-corrected chi connectivity index (χ2v) is 5.99. The van der Waals surface area contributed by atoms with E-state index >= 15 is 0 Å². The van der Waals surface area contributed by atoms with Crippen LogP contribution in [0.4, 0.5) is 0 Å². The summed E-state index contributed by atoms with van der Waals surface area (Å²) in [5, 5.41) is 10.1. The van der Waals surface area contributed by atoms with E-state index in [1.807, 2.05) is 16.7 Å². The Balaban J connectivity index is 1.80. The number of aromatic hydroxyl groups is 1. The van der Waals surface area contributed by atoms with Gasteiger partial charge in [0.05, 0.1) is 11.9 Å². The molecule has 4 heteroatoms. The van der Waals surface area contributed by atoms with Crippen LogP contribution in [0.15, 0.2) is 24.5 Å². The zero-order valence-corrected chi connectivity index (χ0v) is 10.5. The predicted octanol–water partition coefficient (Wildman–Crippen LogP) is 2.87. The molecule has 90 valence electrons. The van der Waals surface area contributed by atoms with Gasteiger partial charge in [0.2, 0.25) is 0 Å². The maximum absolute atomic E-state index is 9.41. The highest BCUT2D eigenvalue weighted by atomic mass is 32.2. The van der Waals surface area contributed by atoms with E-state index in [9.17, 15) is 5.11 Å². The number of imidazole rings is 1. The summed E-state index contributed by atoms with van der Waals surface area (Å²) in [6, 6.07) is 3.54. The first kappa shape index (κ1) is 11.0. The van der Waals surface area contributed by atoms with Crippen LogP contribution in [0.25, 0.3) is 5.65 Å². The number of nitrogens with zero attached hydrogens (tertiary/aromatic N) is 2. The van der Waals surface area contributed by atoms with Crippen molar-refractivity contribution in [1.82, 2.24) is 9.38 Å². The van der Waals surface area contributed by atoms with Crippen LogP contribution in [0.5, 0.6) is 5.75 Å². The molecule has 3 rings (SSSR count). The Morgan fingerprint density at radius 3 is 3.12 bits per heavy atom. The number of fused-ring (bicyclic) bond motifs is 1. The quantitative estimate of drug-likeness (QED) is 0.888. The van der Waals surface area contributed by atoms with Crippen LogP contribution in [0.1, 0.15) is 25.0 Å². The Kier molecular flexibility index (Phi) is 2.97. The summed E-state index contributed by atoms with van der Waals surface area (Å²) in [5.41, 5.74) is 2.05. The largest absolute Gasteiger partial charge is 0.506 e. The second-order valence-electron chi connectivity index (χ2n) is 4.58. The summed E-state index contributed by atoms with van der Waals surface area (Å²) >= 11 is 2.07. The van der Waals surface area contributed by atoms with E-state index in [0.717, 1.165) is 23.0 Å². The highest BCUT2D eigenvalue weighted by molar-refractivity contribution is 7.99. The van der Waals surface area contributed by atoms with Crippen molar-refractivity contribution in [3.63, 3.8) is 0 Å². The highest BCUT2D eigenvalue weighted by Crippen LogP contribution is 2.27. The van der Waals surface area contributed by atoms with Gasteiger partial charge in [0.15, 0.2) is 0 Å². The number of rotatable bonds is 2. The molecule has 0 bridgehead atoms. The Hall–Kier alpha value is -1.16. The average molecular weight is 248 g/mol. The van der Waals surface area contributed by atoms with Gasteiger partial charge in [-0.2, -0.15) is 11.8 Å². The third kappa shape index (κ3) is 2.41. The van der Waals surface area contributed by atoms with E-state index in [1.54, 1.807) is 12.3 Å². The van der Waals surface area contributed by atoms with Crippen LogP contribution in [0.3, 0.4) is 0 Å². The smallest absolute Gasteiger partial charge is 0.137 e. The normalized spacial score (nSPS) is 20.8. The van der Waals surface area contributed by atoms with Gasteiger partial charge in [-0.05, 0) is 30.7 Å². The lowest BCUT2D eigenvalue weighted by Crippen LogP contribution is -2.12. The third-order valence-corrected chi connectivity index (χ3v) is 4.59. The maximum atomic E-state index is 9.41. The Morgan fingerprint density at radius 1 is 1.35 bits per heavy atom. The molecule has 0 aliphatic carbocycles. The van der Waals surface area contributed by atoms with Crippen LogP contribution in [-0.2, 0) is 6.42 Å². The molecule has 1 aliphatic rings. The molecule has 3 heterocycles. The van der Waals surface area contributed by atoms with Crippen molar-refractivity contribution in [2.24, 2.45) is 0 Å². The summed E-state index contributed by atoms with van der Waals surface area (Å²) in [4.78, 5) is 4.59. The number of pyridine rings is 1. The van der Waals surface area contributed by atoms with E-state index in [2.05, 4.69) is 16.7 Å². The molecular weight excluding hydrogens is 232 g/mol. The highest BCUT2D eigenvalue weighted by Gasteiger charge is 2.15. The molecule has 1 N–H and O–H groups in total. The first-order chi connectivity index (χ1) is 8.31. The van der Waals surface area contributed by atoms with E-state index < -0.39 is 0 Å². The molecule has 1 atom stereocenters. The SMILES string of the molecule is Oc1ccc2nc(CC3CCCCS3)cn2c1. The molecule has 2 aromatic heterocycles. The molecule has 2 aromatic rings. The van der Waals surface area contributed by atoms with E-state index in [-0.39, 0.29) is 5.75 Å². The Labute approximate surface area is 105 Å². The summed E-state index contributed by atoms with van der Waals surface area (Å²) in [6.07, 6.45) is 8.81. The number of hydrogen-bond donors (Lipinski definition) is 1. The molecule has 1 unspecified atom stereocenters. The maximum Gasteiger partial charge on any atom is 0.137 e. The summed E-state index contributed by atoms with van der Waals surface area (Å²) in [7, 11) is 0. The zero-order valence-electron chi connectivity index (χ0n) is 9.67. The topological polar surface area (TPSA) is 37.5 Å². The first-order valence-corrected chi connectivity index (χ1v) is 7.14. The third-order valence-electron chi connectivity index (χ3n) is 3.20. The van der Waals surface area contributed by atoms with Gasteiger partial charge in [-0.1, -0.05) is 6.42 Å². The molecular formula is C13H16N2OS. The zero-order chi connectivity index (χ0) is 11.7.